The van der Waals surface area contributed by atoms with Crippen molar-refractivity contribution in [2.75, 3.05) is 13.6 Å². The average molecular weight is 368 g/mol. The second-order valence-corrected chi connectivity index (χ2v) is 6.62. The highest BCUT2D eigenvalue weighted by Crippen LogP contribution is 2.20. The Kier molecular flexibility index (Phi) is 7.12. The average Bonchev–Trinajstić information content (AvgIpc) is 2.89. The predicted octanol–water partition coefficient (Wildman–Crippen LogP) is 3.27. The summed E-state index contributed by atoms with van der Waals surface area (Å²) in [6.45, 7) is 2.20. The first-order valence-electron chi connectivity index (χ1n) is 7.89. The smallest absolute Gasteiger partial charge is 0.387 e. The fourth-order valence-electron chi connectivity index (χ4n) is 2.36. The molecule has 136 valence electrons. The van der Waals surface area contributed by atoms with Gasteiger partial charge in [-0.15, -0.1) is 11.3 Å². The highest BCUT2D eigenvalue weighted by atomic mass is 32.1. The van der Waals surface area contributed by atoms with Crippen molar-refractivity contribution in [1.82, 2.24) is 15.6 Å². The molecule has 0 fully saturated rings. The van der Waals surface area contributed by atoms with E-state index < -0.39 is 6.61 Å². The van der Waals surface area contributed by atoms with Gasteiger partial charge in [-0.1, -0.05) is 18.2 Å². The van der Waals surface area contributed by atoms with Gasteiger partial charge in [0.05, 0.1) is 10.7 Å². The van der Waals surface area contributed by atoms with Gasteiger partial charge in [0.25, 0.3) is 0 Å². The molecule has 8 heteroatoms. The van der Waals surface area contributed by atoms with E-state index in [-0.39, 0.29) is 5.75 Å². The van der Waals surface area contributed by atoms with Crippen LogP contribution in [0.2, 0.25) is 0 Å². The lowest BCUT2D eigenvalue weighted by Crippen LogP contribution is -2.37. The zero-order chi connectivity index (χ0) is 18.2. The normalized spacial score (nSPS) is 11.7. The Morgan fingerprint density at radius 3 is 2.68 bits per heavy atom. The number of aryl methyl sites for hydroxylation is 2. The molecule has 0 aliphatic carbocycles. The number of rotatable bonds is 7. The van der Waals surface area contributed by atoms with Crippen LogP contribution < -0.4 is 15.4 Å². The minimum Gasteiger partial charge on any atom is -0.434 e. The number of hydrogen-bond acceptors (Lipinski definition) is 4. The lowest BCUT2D eigenvalue weighted by Gasteiger charge is -2.14. The summed E-state index contributed by atoms with van der Waals surface area (Å²) in [5.41, 5.74) is 1.70. The van der Waals surface area contributed by atoms with E-state index in [2.05, 4.69) is 25.3 Å². The maximum absolute atomic E-state index is 12.4. The van der Waals surface area contributed by atoms with Crippen molar-refractivity contribution < 1.29 is 13.5 Å². The molecule has 0 aliphatic heterocycles. The third kappa shape index (κ3) is 5.97. The molecule has 1 heterocycles. The number of aliphatic imine (C=N–C) groups is 1. The second kappa shape index (κ2) is 9.31. The van der Waals surface area contributed by atoms with Crippen molar-refractivity contribution in [2.45, 2.75) is 33.4 Å². The molecular weight excluding hydrogens is 346 g/mol. The summed E-state index contributed by atoms with van der Waals surface area (Å²) < 4.78 is 29.4. The summed E-state index contributed by atoms with van der Waals surface area (Å²) in [6, 6.07) is 6.70. The van der Waals surface area contributed by atoms with Gasteiger partial charge in [-0.25, -0.2) is 4.98 Å². The van der Waals surface area contributed by atoms with Gasteiger partial charge in [0, 0.05) is 37.0 Å². The summed E-state index contributed by atoms with van der Waals surface area (Å²) in [5.74, 6) is 0.766. The van der Waals surface area contributed by atoms with E-state index in [0.29, 0.717) is 24.6 Å². The van der Waals surface area contributed by atoms with E-state index in [1.54, 1.807) is 36.6 Å². The maximum atomic E-state index is 12.4. The molecule has 0 amide bonds. The van der Waals surface area contributed by atoms with Gasteiger partial charge < -0.3 is 15.4 Å². The van der Waals surface area contributed by atoms with Gasteiger partial charge in [0.2, 0.25) is 0 Å². The standard InChI is InChI=1S/C17H22F2N4OS/c1-11-15(25-12(2)23-11)8-9-21-17(20-3)22-10-13-6-4-5-7-14(13)24-16(18)19/h4-7,16H,8-10H2,1-3H3,(H2,20,21,22). The first-order chi connectivity index (χ1) is 12.0. The zero-order valence-electron chi connectivity index (χ0n) is 14.5. The maximum Gasteiger partial charge on any atom is 0.387 e. The van der Waals surface area contributed by atoms with E-state index in [0.717, 1.165) is 17.1 Å². The highest BCUT2D eigenvalue weighted by Gasteiger charge is 2.10. The SMILES string of the molecule is CN=C(NCCc1sc(C)nc1C)NCc1ccccc1OC(F)F. The Labute approximate surface area is 150 Å². The Bertz CT molecular complexity index is 718. The molecule has 2 rings (SSSR count). The zero-order valence-corrected chi connectivity index (χ0v) is 15.3. The van der Waals surface area contributed by atoms with Gasteiger partial charge >= 0.3 is 6.61 Å². The summed E-state index contributed by atoms with van der Waals surface area (Å²) in [7, 11) is 1.67. The second-order valence-electron chi connectivity index (χ2n) is 5.33. The largest absolute Gasteiger partial charge is 0.434 e. The molecule has 0 saturated heterocycles. The van der Waals surface area contributed by atoms with Gasteiger partial charge in [-0.2, -0.15) is 8.78 Å². The third-order valence-corrected chi connectivity index (χ3v) is 4.64. The molecule has 5 nitrogen and oxygen atoms in total. The van der Waals surface area contributed by atoms with Crippen LogP contribution in [0, 0.1) is 13.8 Å². The number of aromatic nitrogens is 1. The van der Waals surface area contributed by atoms with Crippen LogP contribution in [0.1, 0.15) is 21.1 Å². The van der Waals surface area contributed by atoms with Gasteiger partial charge in [-0.3, -0.25) is 4.99 Å². The van der Waals surface area contributed by atoms with Crippen LogP contribution in [0.4, 0.5) is 8.78 Å². The number of halogens is 2. The molecule has 0 radical (unpaired) electrons. The van der Waals surface area contributed by atoms with Crippen molar-refractivity contribution in [3.05, 3.63) is 45.4 Å². The van der Waals surface area contributed by atoms with Crippen molar-refractivity contribution in [1.29, 1.82) is 0 Å². The van der Waals surface area contributed by atoms with E-state index in [1.165, 1.54) is 10.9 Å². The highest BCUT2D eigenvalue weighted by molar-refractivity contribution is 7.11. The van der Waals surface area contributed by atoms with Crippen LogP contribution in [-0.2, 0) is 13.0 Å². The third-order valence-electron chi connectivity index (χ3n) is 3.50. The Morgan fingerprint density at radius 1 is 1.28 bits per heavy atom. The Morgan fingerprint density at radius 2 is 2.04 bits per heavy atom. The fourth-order valence-corrected chi connectivity index (χ4v) is 3.30. The molecule has 1 aromatic carbocycles. The fraction of sp³-hybridized carbons (Fsp3) is 0.412. The van der Waals surface area contributed by atoms with Gasteiger partial charge in [0.1, 0.15) is 5.75 Å². The number of nitrogens with zero attached hydrogens (tertiary/aromatic N) is 2. The Balaban J connectivity index is 1.85. The quantitative estimate of drug-likeness (QED) is 0.582. The van der Waals surface area contributed by atoms with Crippen LogP contribution >= 0.6 is 11.3 Å². The van der Waals surface area contributed by atoms with Gasteiger partial charge in [0.15, 0.2) is 5.96 Å². The first kappa shape index (κ1) is 19.1. The monoisotopic (exact) mass is 368 g/mol. The first-order valence-corrected chi connectivity index (χ1v) is 8.71. The van der Waals surface area contributed by atoms with E-state index in [9.17, 15) is 8.78 Å². The van der Waals surface area contributed by atoms with Crippen LogP contribution in [0.3, 0.4) is 0 Å². The molecule has 2 aromatic rings. The molecule has 25 heavy (non-hydrogen) atoms. The summed E-state index contributed by atoms with van der Waals surface area (Å²) >= 11 is 1.69. The lowest BCUT2D eigenvalue weighted by molar-refractivity contribution is -0.0504. The van der Waals surface area contributed by atoms with E-state index >= 15 is 0 Å². The van der Waals surface area contributed by atoms with Crippen molar-refractivity contribution >= 4 is 17.3 Å². The number of guanidine groups is 1. The Hall–Kier alpha value is -2.22. The van der Waals surface area contributed by atoms with E-state index in [4.69, 9.17) is 0 Å². The van der Waals surface area contributed by atoms with Crippen LogP contribution in [0.15, 0.2) is 29.3 Å². The molecular formula is C17H22F2N4OS. The van der Waals surface area contributed by atoms with Crippen LogP contribution in [0.25, 0.3) is 0 Å². The molecule has 0 spiro atoms. The minimum atomic E-state index is -2.84. The summed E-state index contributed by atoms with van der Waals surface area (Å²) in [5, 5.41) is 7.38. The molecule has 1 aromatic heterocycles. The molecule has 0 atom stereocenters. The molecule has 0 saturated carbocycles. The van der Waals surface area contributed by atoms with Crippen molar-refractivity contribution in [2.24, 2.45) is 4.99 Å². The summed E-state index contributed by atoms with van der Waals surface area (Å²) in [4.78, 5) is 9.80. The van der Waals surface area contributed by atoms with E-state index in [1.807, 2.05) is 13.8 Å². The number of benzene rings is 1. The molecule has 0 unspecified atom stereocenters. The molecule has 2 N–H and O–H groups in total. The number of ether oxygens (including phenoxy) is 1. The minimum absolute atomic E-state index is 0.163. The van der Waals surface area contributed by atoms with Crippen LogP contribution in [-0.4, -0.2) is 31.1 Å². The number of nitrogens with one attached hydrogen (secondary N) is 2. The van der Waals surface area contributed by atoms with Crippen molar-refractivity contribution in [3.8, 4) is 5.75 Å². The number of para-hydroxylation sites is 1. The number of thiazole rings is 1. The lowest BCUT2D eigenvalue weighted by atomic mass is 10.2. The molecule has 0 aliphatic rings. The topological polar surface area (TPSA) is 58.5 Å². The predicted molar refractivity (Wildman–Crippen MR) is 96.6 cm³/mol. The van der Waals surface area contributed by atoms with Crippen LogP contribution in [0.5, 0.6) is 5.75 Å². The van der Waals surface area contributed by atoms with Gasteiger partial charge in [-0.05, 0) is 19.9 Å². The van der Waals surface area contributed by atoms with Crippen molar-refractivity contribution in [3.63, 3.8) is 0 Å². The number of alkyl halides is 2. The molecule has 0 bridgehead atoms. The number of hydrogen-bond donors (Lipinski definition) is 2. The summed E-state index contributed by atoms with van der Waals surface area (Å²) in [6.07, 6.45) is 0.850.